The first-order valence-corrected chi connectivity index (χ1v) is 4.86. The second-order valence-corrected chi connectivity index (χ2v) is 3.43. The second kappa shape index (κ2) is 7.16. The summed E-state index contributed by atoms with van der Waals surface area (Å²) in [6.07, 6.45) is 0.801. The van der Waals surface area contributed by atoms with Crippen LogP contribution in [0, 0.1) is 15.9 Å². The molecule has 1 atom stereocenters. The van der Waals surface area contributed by atoms with Crippen molar-refractivity contribution < 1.29 is 14.4 Å². The number of benzene rings is 1. The van der Waals surface area contributed by atoms with Crippen molar-refractivity contribution >= 4 is 18.1 Å². The minimum Gasteiger partial charge on any atom is -0.396 e. The average Bonchev–Trinajstić information content (AvgIpc) is 2.25. The fraction of sp³-hybridized carbons (Fsp3) is 0.400. The maximum atomic E-state index is 13.0. The van der Waals surface area contributed by atoms with Gasteiger partial charge in [-0.2, -0.15) is 0 Å². The SMILES string of the molecule is Cl.N[C@@H](CCCO)c1cc(F)ccc1[N+](=O)[O-]. The van der Waals surface area contributed by atoms with Gasteiger partial charge in [0, 0.05) is 24.3 Å². The van der Waals surface area contributed by atoms with E-state index in [0.29, 0.717) is 12.8 Å². The van der Waals surface area contributed by atoms with E-state index in [4.69, 9.17) is 10.8 Å². The summed E-state index contributed by atoms with van der Waals surface area (Å²) >= 11 is 0. The van der Waals surface area contributed by atoms with Crippen LogP contribution in [0.2, 0.25) is 0 Å². The molecule has 0 fully saturated rings. The van der Waals surface area contributed by atoms with Gasteiger partial charge >= 0.3 is 0 Å². The molecular formula is C10H14ClFN2O3. The summed E-state index contributed by atoms with van der Waals surface area (Å²) in [4.78, 5) is 10.1. The molecule has 0 spiro atoms. The number of hydrogen-bond acceptors (Lipinski definition) is 4. The van der Waals surface area contributed by atoms with Gasteiger partial charge in [0.05, 0.1) is 4.92 Å². The lowest BCUT2D eigenvalue weighted by Crippen LogP contribution is -2.13. The van der Waals surface area contributed by atoms with E-state index in [0.717, 1.165) is 18.2 Å². The molecule has 0 aromatic heterocycles. The number of nitrogens with two attached hydrogens (primary N) is 1. The molecule has 0 aliphatic carbocycles. The number of aliphatic hydroxyl groups is 1. The van der Waals surface area contributed by atoms with Gasteiger partial charge in [-0.3, -0.25) is 10.1 Å². The van der Waals surface area contributed by atoms with Gasteiger partial charge in [-0.05, 0) is 25.0 Å². The van der Waals surface area contributed by atoms with Crippen LogP contribution in [0.1, 0.15) is 24.4 Å². The zero-order valence-electron chi connectivity index (χ0n) is 9.01. The van der Waals surface area contributed by atoms with Crippen molar-refractivity contribution in [2.45, 2.75) is 18.9 Å². The lowest BCUT2D eigenvalue weighted by atomic mass is 10.0. The van der Waals surface area contributed by atoms with Gasteiger partial charge in [-0.15, -0.1) is 12.4 Å². The largest absolute Gasteiger partial charge is 0.396 e. The number of halogens is 2. The number of rotatable bonds is 5. The van der Waals surface area contributed by atoms with Crippen molar-refractivity contribution in [1.82, 2.24) is 0 Å². The highest BCUT2D eigenvalue weighted by atomic mass is 35.5. The third kappa shape index (κ3) is 4.26. The van der Waals surface area contributed by atoms with Gasteiger partial charge in [0.1, 0.15) is 5.82 Å². The smallest absolute Gasteiger partial charge is 0.274 e. The van der Waals surface area contributed by atoms with Crippen LogP contribution in [0.3, 0.4) is 0 Å². The Morgan fingerprint density at radius 3 is 2.71 bits per heavy atom. The summed E-state index contributed by atoms with van der Waals surface area (Å²) in [6, 6.07) is 2.56. The van der Waals surface area contributed by atoms with Crippen LogP contribution in [0.25, 0.3) is 0 Å². The summed E-state index contributed by atoms with van der Waals surface area (Å²) in [6.45, 7) is -0.0448. The number of aliphatic hydroxyl groups excluding tert-OH is 1. The van der Waals surface area contributed by atoms with Crippen LogP contribution < -0.4 is 5.73 Å². The van der Waals surface area contributed by atoms with Gasteiger partial charge in [0.2, 0.25) is 0 Å². The Morgan fingerprint density at radius 1 is 1.53 bits per heavy atom. The summed E-state index contributed by atoms with van der Waals surface area (Å²) in [5.74, 6) is -0.556. The van der Waals surface area contributed by atoms with E-state index in [1.807, 2.05) is 0 Å². The normalized spacial score (nSPS) is 11.7. The van der Waals surface area contributed by atoms with Crippen molar-refractivity contribution in [2.75, 3.05) is 6.61 Å². The minimum absolute atomic E-state index is 0. The maximum absolute atomic E-state index is 13.0. The highest BCUT2D eigenvalue weighted by Gasteiger charge is 2.19. The lowest BCUT2D eigenvalue weighted by molar-refractivity contribution is -0.385. The first-order chi connectivity index (χ1) is 7.56. The fourth-order valence-electron chi connectivity index (χ4n) is 1.46. The van der Waals surface area contributed by atoms with E-state index >= 15 is 0 Å². The molecular weight excluding hydrogens is 251 g/mol. The van der Waals surface area contributed by atoms with Crippen molar-refractivity contribution in [3.05, 3.63) is 39.7 Å². The van der Waals surface area contributed by atoms with Crippen LogP contribution in [-0.2, 0) is 0 Å². The molecule has 96 valence electrons. The Morgan fingerprint density at radius 2 is 2.18 bits per heavy atom. The van der Waals surface area contributed by atoms with Crippen molar-refractivity contribution in [3.8, 4) is 0 Å². The number of hydrogen-bond donors (Lipinski definition) is 2. The monoisotopic (exact) mass is 264 g/mol. The third-order valence-electron chi connectivity index (χ3n) is 2.26. The van der Waals surface area contributed by atoms with E-state index in [1.54, 1.807) is 0 Å². The summed E-state index contributed by atoms with van der Waals surface area (Å²) < 4.78 is 13.0. The van der Waals surface area contributed by atoms with Crippen LogP contribution in [0.15, 0.2) is 18.2 Å². The molecule has 0 unspecified atom stereocenters. The molecule has 0 saturated heterocycles. The predicted molar refractivity (Wildman–Crippen MR) is 63.6 cm³/mol. The maximum Gasteiger partial charge on any atom is 0.274 e. The Balaban J connectivity index is 0.00000256. The molecule has 0 saturated carbocycles. The lowest BCUT2D eigenvalue weighted by Gasteiger charge is -2.11. The Hall–Kier alpha value is -1.24. The molecule has 0 aliphatic heterocycles. The van der Waals surface area contributed by atoms with Crippen LogP contribution in [0.5, 0.6) is 0 Å². The quantitative estimate of drug-likeness (QED) is 0.628. The molecule has 0 bridgehead atoms. The molecule has 1 aromatic rings. The Kier molecular flexibility index (Phi) is 6.64. The van der Waals surface area contributed by atoms with Crippen molar-refractivity contribution in [1.29, 1.82) is 0 Å². The summed E-state index contributed by atoms with van der Waals surface area (Å²) in [5.41, 5.74) is 5.68. The van der Waals surface area contributed by atoms with Crippen LogP contribution >= 0.6 is 12.4 Å². The van der Waals surface area contributed by atoms with Crippen molar-refractivity contribution in [3.63, 3.8) is 0 Å². The fourth-order valence-corrected chi connectivity index (χ4v) is 1.46. The first kappa shape index (κ1) is 15.8. The first-order valence-electron chi connectivity index (χ1n) is 4.86. The topological polar surface area (TPSA) is 89.4 Å². The number of nitro benzene ring substituents is 1. The molecule has 0 radical (unpaired) electrons. The second-order valence-electron chi connectivity index (χ2n) is 3.43. The molecule has 5 nitrogen and oxygen atoms in total. The zero-order valence-corrected chi connectivity index (χ0v) is 9.82. The summed E-state index contributed by atoms with van der Waals surface area (Å²) in [7, 11) is 0. The molecule has 17 heavy (non-hydrogen) atoms. The van der Waals surface area contributed by atoms with E-state index in [2.05, 4.69) is 0 Å². The highest BCUT2D eigenvalue weighted by Crippen LogP contribution is 2.26. The third-order valence-corrected chi connectivity index (χ3v) is 2.26. The highest BCUT2D eigenvalue weighted by molar-refractivity contribution is 5.85. The molecule has 1 aromatic carbocycles. The number of nitrogens with zero attached hydrogens (tertiary/aromatic N) is 1. The average molecular weight is 265 g/mol. The molecule has 7 heteroatoms. The van der Waals surface area contributed by atoms with Crippen molar-refractivity contribution in [2.24, 2.45) is 5.73 Å². The Bertz CT molecular complexity index is 390. The minimum atomic E-state index is -0.636. The van der Waals surface area contributed by atoms with Crippen LogP contribution in [-0.4, -0.2) is 16.6 Å². The molecule has 1 rings (SSSR count). The van der Waals surface area contributed by atoms with Gasteiger partial charge < -0.3 is 10.8 Å². The standard InChI is InChI=1S/C10H13FN2O3.ClH/c11-7-3-4-10(13(15)16)8(6-7)9(12)2-1-5-14;/h3-4,6,9,14H,1-2,5,12H2;1H/t9-;/m0./s1. The Labute approximate surface area is 104 Å². The van der Waals surface area contributed by atoms with Gasteiger partial charge in [0.25, 0.3) is 5.69 Å². The molecule has 0 aliphatic rings. The van der Waals surface area contributed by atoms with E-state index in [1.165, 1.54) is 0 Å². The zero-order chi connectivity index (χ0) is 12.1. The van der Waals surface area contributed by atoms with Crippen LogP contribution in [0.4, 0.5) is 10.1 Å². The molecule has 3 N–H and O–H groups in total. The van der Waals surface area contributed by atoms with Gasteiger partial charge in [-0.25, -0.2) is 4.39 Å². The molecule has 0 amide bonds. The van der Waals surface area contributed by atoms with E-state index in [9.17, 15) is 14.5 Å². The summed E-state index contributed by atoms with van der Waals surface area (Å²) in [5, 5.41) is 19.3. The van der Waals surface area contributed by atoms with E-state index < -0.39 is 16.8 Å². The van der Waals surface area contributed by atoms with Gasteiger partial charge in [0.15, 0.2) is 0 Å². The number of nitro groups is 1. The predicted octanol–water partition coefficient (Wildman–Crippen LogP) is 1.93. The van der Waals surface area contributed by atoms with Gasteiger partial charge in [-0.1, -0.05) is 0 Å². The molecule has 0 heterocycles. The van der Waals surface area contributed by atoms with E-state index in [-0.39, 0.29) is 30.3 Å².